The van der Waals surface area contributed by atoms with Crippen molar-refractivity contribution in [3.05, 3.63) is 29.8 Å². The Bertz CT molecular complexity index is 497. The maximum absolute atomic E-state index is 12.9. The highest BCUT2D eigenvalue weighted by Gasteiger charge is 2.17. The highest BCUT2D eigenvalue weighted by Crippen LogP contribution is 2.20. The summed E-state index contributed by atoms with van der Waals surface area (Å²) >= 11 is 1.20. The summed E-state index contributed by atoms with van der Waals surface area (Å²) in [6.07, 6.45) is 0.408. The van der Waals surface area contributed by atoms with Crippen molar-refractivity contribution in [3.63, 3.8) is 0 Å². The predicted octanol–water partition coefficient (Wildman–Crippen LogP) is 2.43. The fourth-order valence-electron chi connectivity index (χ4n) is 1.43. The van der Waals surface area contributed by atoms with E-state index in [0.29, 0.717) is 17.1 Å². The summed E-state index contributed by atoms with van der Waals surface area (Å²) in [4.78, 5) is 22.8. The first-order valence-electron chi connectivity index (χ1n) is 6.04. The van der Waals surface area contributed by atoms with Crippen LogP contribution in [0.4, 0.5) is 8.78 Å². The van der Waals surface area contributed by atoms with Crippen molar-refractivity contribution in [3.8, 4) is 0 Å². The summed E-state index contributed by atoms with van der Waals surface area (Å²) < 4.78 is 25.6. The molecule has 0 spiro atoms. The zero-order valence-electron chi connectivity index (χ0n) is 10.9. The Morgan fingerprint density at radius 3 is 2.60 bits per heavy atom. The number of amides is 1. The van der Waals surface area contributed by atoms with Gasteiger partial charge in [-0.3, -0.25) is 4.79 Å². The number of thioether (sulfide) groups is 1. The van der Waals surface area contributed by atoms with E-state index in [2.05, 4.69) is 5.32 Å². The molecular weight excluding hydrogens is 288 g/mol. The molecule has 1 aromatic rings. The number of nitrogens with one attached hydrogen (secondary N) is 1. The summed E-state index contributed by atoms with van der Waals surface area (Å²) in [6, 6.07) is 2.61. The average molecular weight is 303 g/mol. The minimum absolute atomic E-state index is 0.105. The van der Waals surface area contributed by atoms with Crippen LogP contribution in [0.5, 0.6) is 0 Å². The van der Waals surface area contributed by atoms with E-state index in [9.17, 15) is 18.4 Å². The molecule has 0 fully saturated rings. The van der Waals surface area contributed by atoms with Gasteiger partial charge in [0.2, 0.25) is 5.91 Å². The second-order valence-electron chi connectivity index (χ2n) is 4.04. The van der Waals surface area contributed by atoms with E-state index in [1.54, 1.807) is 6.92 Å². The van der Waals surface area contributed by atoms with Crippen molar-refractivity contribution >= 4 is 23.6 Å². The number of hydrogen-bond acceptors (Lipinski definition) is 3. The van der Waals surface area contributed by atoms with Crippen LogP contribution >= 0.6 is 11.8 Å². The van der Waals surface area contributed by atoms with Crippen LogP contribution < -0.4 is 5.32 Å². The van der Waals surface area contributed by atoms with Crippen molar-refractivity contribution in [2.75, 3.05) is 5.75 Å². The lowest BCUT2D eigenvalue weighted by atomic mass is 10.2. The van der Waals surface area contributed by atoms with Crippen LogP contribution in [0.25, 0.3) is 0 Å². The Morgan fingerprint density at radius 2 is 2.05 bits per heavy atom. The minimum atomic E-state index is -1.07. The first kappa shape index (κ1) is 16.4. The van der Waals surface area contributed by atoms with Crippen LogP contribution in [-0.2, 0) is 9.59 Å². The third kappa shape index (κ3) is 5.16. The minimum Gasteiger partial charge on any atom is -0.480 e. The fourth-order valence-corrected chi connectivity index (χ4v) is 2.31. The molecule has 110 valence electrons. The summed E-state index contributed by atoms with van der Waals surface area (Å²) in [5.74, 6) is -2.95. The summed E-state index contributed by atoms with van der Waals surface area (Å²) in [6.45, 7) is 1.66. The predicted molar refractivity (Wildman–Crippen MR) is 71.6 cm³/mol. The van der Waals surface area contributed by atoms with Gasteiger partial charge < -0.3 is 10.4 Å². The van der Waals surface area contributed by atoms with Crippen molar-refractivity contribution in [1.82, 2.24) is 5.32 Å². The van der Waals surface area contributed by atoms with Gasteiger partial charge in [-0.25, -0.2) is 13.6 Å². The number of carboxylic acid groups (broad SMARTS) is 1. The monoisotopic (exact) mass is 303 g/mol. The number of halogens is 2. The van der Waals surface area contributed by atoms with E-state index in [-0.39, 0.29) is 12.3 Å². The van der Waals surface area contributed by atoms with Gasteiger partial charge in [-0.05, 0) is 24.6 Å². The Hall–Kier alpha value is -1.63. The second-order valence-corrected chi connectivity index (χ2v) is 5.21. The molecule has 0 saturated heterocycles. The highest BCUT2D eigenvalue weighted by molar-refractivity contribution is 7.99. The van der Waals surface area contributed by atoms with Gasteiger partial charge in [0, 0.05) is 17.1 Å². The van der Waals surface area contributed by atoms with Crippen molar-refractivity contribution in [2.45, 2.75) is 30.7 Å². The molecule has 4 nitrogen and oxygen atoms in total. The molecule has 0 aliphatic heterocycles. The largest absolute Gasteiger partial charge is 0.480 e. The van der Waals surface area contributed by atoms with Gasteiger partial charge in [-0.15, -0.1) is 11.8 Å². The van der Waals surface area contributed by atoms with Gasteiger partial charge in [0.15, 0.2) is 11.6 Å². The van der Waals surface area contributed by atoms with E-state index in [4.69, 9.17) is 5.11 Å². The molecule has 1 atom stereocenters. The number of carbonyl (C=O) groups excluding carboxylic acids is 1. The Balaban J connectivity index is 2.38. The second kappa shape index (κ2) is 7.84. The lowest BCUT2D eigenvalue weighted by Crippen LogP contribution is -2.40. The van der Waals surface area contributed by atoms with Gasteiger partial charge in [0.25, 0.3) is 0 Å². The van der Waals surface area contributed by atoms with E-state index in [0.717, 1.165) is 12.1 Å². The molecule has 0 aliphatic carbocycles. The van der Waals surface area contributed by atoms with Crippen LogP contribution in [0.15, 0.2) is 23.1 Å². The number of carbonyl (C=O) groups is 2. The van der Waals surface area contributed by atoms with Gasteiger partial charge >= 0.3 is 5.97 Å². The van der Waals surface area contributed by atoms with Gasteiger partial charge in [-0.1, -0.05) is 6.92 Å². The van der Waals surface area contributed by atoms with E-state index >= 15 is 0 Å². The fraction of sp³-hybridized carbons (Fsp3) is 0.385. The van der Waals surface area contributed by atoms with Gasteiger partial charge in [-0.2, -0.15) is 0 Å². The van der Waals surface area contributed by atoms with Crippen molar-refractivity contribution < 1.29 is 23.5 Å². The molecule has 0 saturated carbocycles. The van der Waals surface area contributed by atoms with Gasteiger partial charge in [0.1, 0.15) is 6.04 Å². The smallest absolute Gasteiger partial charge is 0.326 e. The normalized spacial score (nSPS) is 11.9. The molecule has 2 N–H and O–H groups in total. The molecule has 0 bridgehead atoms. The molecule has 0 aliphatic rings. The van der Waals surface area contributed by atoms with Gasteiger partial charge in [0.05, 0.1) is 0 Å². The van der Waals surface area contributed by atoms with E-state index in [1.807, 2.05) is 0 Å². The van der Waals surface area contributed by atoms with Crippen LogP contribution in [0.1, 0.15) is 19.8 Å². The summed E-state index contributed by atoms with van der Waals surface area (Å²) in [5, 5.41) is 11.2. The molecule has 20 heavy (non-hydrogen) atoms. The lowest BCUT2D eigenvalue weighted by Gasteiger charge is -2.11. The zero-order chi connectivity index (χ0) is 15.1. The maximum Gasteiger partial charge on any atom is 0.326 e. The molecule has 0 aromatic heterocycles. The number of rotatable bonds is 7. The van der Waals surface area contributed by atoms with Crippen molar-refractivity contribution in [2.24, 2.45) is 0 Å². The number of aliphatic carboxylic acids is 1. The number of carboxylic acids is 1. The number of benzene rings is 1. The van der Waals surface area contributed by atoms with E-state index in [1.165, 1.54) is 17.8 Å². The third-order valence-electron chi connectivity index (χ3n) is 2.53. The van der Waals surface area contributed by atoms with Crippen LogP contribution in [-0.4, -0.2) is 28.8 Å². The third-order valence-corrected chi connectivity index (χ3v) is 3.53. The molecular formula is C13H15F2NO3S. The quantitative estimate of drug-likeness (QED) is 0.759. The molecule has 1 rings (SSSR count). The zero-order valence-corrected chi connectivity index (χ0v) is 11.7. The number of hydrogen-bond donors (Lipinski definition) is 2. The summed E-state index contributed by atoms with van der Waals surface area (Å²) in [5.41, 5.74) is 0. The molecule has 1 amide bonds. The first-order chi connectivity index (χ1) is 9.43. The molecule has 0 radical (unpaired) electrons. The van der Waals surface area contributed by atoms with Crippen LogP contribution in [0.2, 0.25) is 0 Å². The summed E-state index contributed by atoms with van der Waals surface area (Å²) in [7, 11) is 0. The Labute approximate surface area is 119 Å². The molecule has 0 heterocycles. The average Bonchev–Trinajstić information content (AvgIpc) is 2.39. The standard InChI is InChI=1S/C13H15F2NO3S/c1-2-11(13(18)19)16-12(17)5-6-20-8-3-4-9(14)10(15)7-8/h3-4,7,11H,2,5-6H2,1H3,(H,16,17)(H,18,19)/t11-/m0/s1. The molecule has 7 heteroatoms. The molecule has 0 unspecified atom stereocenters. The lowest BCUT2D eigenvalue weighted by molar-refractivity contribution is -0.141. The Kier molecular flexibility index (Phi) is 6.44. The van der Waals surface area contributed by atoms with E-state index < -0.39 is 23.6 Å². The van der Waals surface area contributed by atoms with Crippen molar-refractivity contribution in [1.29, 1.82) is 0 Å². The SMILES string of the molecule is CC[C@H](NC(=O)CCSc1ccc(F)c(F)c1)C(=O)O. The van der Waals surface area contributed by atoms with Crippen LogP contribution in [0.3, 0.4) is 0 Å². The van der Waals surface area contributed by atoms with Crippen LogP contribution in [0, 0.1) is 11.6 Å². The topological polar surface area (TPSA) is 66.4 Å². The molecule has 1 aromatic carbocycles. The first-order valence-corrected chi connectivity index (χ1v) is 7.02. The highest BCUT2D eigenvalue weighted by atomic mass is 32.2. The maximum atomic E-state index is 12.9. The Morgan fingerprint density at radius 1 is 1.35 bits per heavy atom.